The van der Waals surface area contributed by atoms with Crippen LogP contribution in [0.15, 0.2) is 42.7 Å². The molecule has 0 unspecified atom stereocenters. The smallest absolute Gasteiger partial charge is 0.416 e. The fraction of sp³-hybridized carbons (Fsp3) is 0.391. The highest BCUT2D eigenvalue weighted by Gasteiger charge is 2.32. The Balaban J connectivity index is 1.32. The Hall–Kier alpha value is -3.38. The zero-order valence-electron chi connectivity index (χ0n) is 18.9. The summed E-state index contributed by atoms with van der Waals surface area (Å²) in [4.78, 5) is 8.82. The maximum atomic E-state index is 13.8. The van der Waals surface area contributed by atoms with Crippen LogP contribution in [0.4, 0.5) is 34.9 Å². The number of anilines is 3. The van der Waals surface area contributed by atoms with Crippen molar-refractivity contribution in [3.05, 3.63) is 54.1 Å². The topological polar surface area (TPSA) is 67.7 Å². The summed E-state index contributed by atoms with van der Waals surface area (Å²) in [6.45, 7) is 5.18. The number of rotatable bonds is 6. The molecule has 0 saturated carbocycles. The minimum Gasteiger partial charge on any atom is -0.497 e. The number of nitrogens with zero attached hydrogens (tertiary/aromatic N) is 5. The van der Waals surface area contributed by atoms with Crippen molar-refractivity contribution in [3.63, 3.8) is 0 Å². The average Bonchev–Trinajstić information content (AvgIpc) is 3.26. The van der Waals surface area contributed by atoms with Gasteiger partial charge in [0.2, 0.25) is 5.95 Å². The fourth-order valence-electron chi connectivity index (χ4n) is 4.18. The van der Waals surface area contributed by atoms with E-state index in [-0.39, 0.29) is 11.6 Å². The minimum absolute atomic E-state index is 0.0843. The number of hydrogen-bond donors (Lipinski definition) is 1. The van der Waals surface area contributed by atoms with E-state index in [1.165, 1.54) is 6.33 Å². The van der Waals surface area contributed by atoms with Crippen LogP contribution in [0.1, 0.15) is 5.56 Å². The number of hydrogen-bond acceptors (Lipinski definition) is 7. The number of halogens is 4. The van der Waals surface area contributed by atoms with Crippen LogP contribution in [-0.2, 0) is 10.9 Å². The standard InChI is InChI=1S/C23H24F4N6O2/c1-34-21-10-17(9-18(11-21)31-2-4-32(5-3-31)20-12-35-13-20)29-22-28-14-33(30-22)19-7-15(23(25,26)27)6-16(24)8-19/h6-11,14,20H,2-5,12-13H2,1H3,(H,29,30). The zero-order chi connectivity index (χ0) is 24.6. The Morgan fingerprint density at radius 3 is 2.43 bits per heavy atom. The van der Waals surface area contributed by atoms with Crippen LogP contribution in [0.2, 0.25) is 0 Å². The number of methoxy groups -OCH3 is 1. The van der Waals surface area contributed by atoms with Gasteiger partial charge in [-0.3, -0.25) is 4.90 Å². The molecule has 2 saturated heterocycles. The van der Waals surface area contributed by atoms with Crippen molar-refractivity contribution >= 4 is 17.3 Å². The number of alkyl halides is 3. The number of benzene rings is 2. The molecule has 12 heteroatoms. The van der Waals surface area contributed by atoms with Crippen molar-refractivity contribution in [2.24, 2.45) is 0 Å². The van der Waals surface area contributed by atoms with Crippen LogP contribution in [-0.4, -0.2) is 72.2 Å². The molecular weight excluding hydrogens is 468 g/mol. The van der Waals surface area contributed by atoms with Gasteiger partial charge in [-0.2, -0.15) is 18.2 Å². The van der Waals surface area contributed by atoms with Crippen LogP contribution < -0.4 is 15.0 Å². The molecule has 186 valence electrons. The summed E-state index contributed by atoms with van der Waals surface area (Å²) in [5.74, 6) is -0.224. The molecule has 1 N–H and O–H groups in total. The molecule has 2 fully saturated rings. The van der Waals surface area contributed by atoms with Gasteiger partial charge >= 0.3 is 6.18 Å². The van der Waals surface area contributed by atoms with Crippen molar-refractivity contribution in [1.82, 2.24) is 19.7 Å². The SMILES string of the molecule is COc1cc(Nc2ncn(-c3cc(F)cc(C(F)(F)F)c3)n2)cc(N2CCN(C3COC3)CC2)c1. The third-order valence-corrected chi connectivity index (χ3v) is 6.17. The molecule has 0 amide bonds. The first-order chi connectivity index (χ1) is 16.8. The third-order valence-electron chi connectivity index (χ3n) is 6.17. The molecule has 8 nitrogen and oxygen atoms in total. The Bertz CT molecular complexity index is 1190. The van der Waals surface area contributed by atoms with E-state index >= 15 is 0 Å². The average molecular weight is 492 g/mol. The van der Waals surface area contributed by atoms with Crippen molar-refractivity contribution in [2.45, 2.75) is 12.2 Å². The van der Waals surface area contributed by atoms with Gasteiger partial charge in [0.1, 0.15) is 17.9 Å². The van der Waals surface area contributed by atoms with Gasteiger partial charge in [-0.15, -0.1) is 5.10 Å². The van der Waals surface area contributed by atoms with E-state index in [1.807, 2.05) is 12.1 Å². The molecule has 0 atom stereocenters. The van der Waals surface area contributed by atoms with Crippen LogP contribution in [0.5, 0.6) is 5.75 Å². The molecule has 2 aliphatic rings. The number of piperazine rings is 1. The van der Waals surface area contributed by atoms with Gasteiger partial charge in [0, 0.05) is 49.7 Å². The maximum absolute atomic E-state index is 13.8. The van der Waals surface area contributed by atoms with Crippen LogP contribution in [0.25, 0.3) is 5.69 Å². The van der Waals surface area contributed by atoms with Gasteiger partial charge < -0.3 is 19.7 Å². The van der Waals surface area contributed by atoms with Crippen LogP contribution >= 0.6 is 0 Å². The van der Waals surface area contributed by atoms with E-state index in [2.05, 4.69) is 25.2 Å². The summed E-state index contributed by atoms with van der Waals surface area (Å²) in [6.07, 6.45) is -3.45. The molecular formula is C23H24F4N6O2. The molecule has 2 aliphatic heterocycles. The van der Waals surface area contributed by atoms with E-state index in [9.17, 15) is 17.6 Å². The Morgan fingerprint density at radius 1 is 1.00 bits per heavy atom. The first-order valence-corrected chi connectivity index (χ1v) is 11.1. The number of nitrogens with one attached hydrogen (secondary N) is 1. The second kappa shape index (κ2) is 9.34. The lowest BCUT2D eigenvalue weighted by Gasteiger charge is -2.43. The largest absolute Gasteiger partial charge is 0.497 e. The second-order valence-corrected chi connectivity index (χ2v) is 8.47. The van der Waals surface area contributed by atoms with Gasteiger partial charge in [0.25, 0.3) is 0 Å². The zero-order valence-corrected chi connectivity index (χ0v) is 18.9. The lowest BCUT2D eigenvalue weighted by atomic mass is 10.1. The fourth-order valence-corrected chi connectivity index (χ4v) is 4.18. The first kappa shape index (κ1) is 23.4. The Labute approximate surface area is 199 Å². The molecule has 3 heterocycles. The van der Waals surface area contributed by atoms with Gasteiger partial charge in [0.05, 0.1) is 37.6 Å². The lowest BCUT2D eigenvalue weighted by molar-refractivity contribution is -0.137. The van der Waals surface area contributed by atoms with Crippen LogP contribution in [0.3, 0.4) is 0 Å². The number of aromatic nitrogens is 3. The van der Waals surface area contributed by atoms with Crippen molar-refractivity contribution in [3.8, 4) is 11.4 Å². The predicted octanol–water partition coefficient (Wildman–Crippen LogP) is 3.70. The highest BCUT2D eigenvalue weighted by Crippen LogP contribution is 2.32. The van der Waals surface area contributed by atoms with E-state index in [4.69, 9.17) is 9.47 Å². The molecule has 35 heavy (non-hydrogen) atoms. The molecule has 5 rings (SSSR count). The monoisotopic (exact) mass is 492 g/mol. The van der Waals surface area contributed by atoms with E-state index < -0.39 is 17.6 Å². The molecule has 0 spiro atoms. The summed E-state index contributed by atoms with van der Waals surface area (Å²) >= 11 is 0. The summed E-state index contributed by atoms with van der Waals surface area (Å²) in [6, 6.07) is 8.40. The van der Waals surface area contributed by atoms with Crippen molar-refractivity contribution < 1.29 is 27.0 Å². The highest BCUT2D eigenvalue weighted by atomic mass is 19.4. The molecule has 2 aromatic carbocycles. The second-order valence-electron chi connectivity index (χ2n) is 8.47. The molecule has 0 radical (unpaired) electrons. The summed E-state index contributed by atoms with van der Waals surface area (Å²) in [5, 5.41) is 7.23. The predicted molar refractivity (Wildman–Crippen MR) is 121 cm³/mol. The molecule has 0 aliphatic carbocycles. The highest BCUT2D eigenvalue weighted by molar-refractivity contribution is 5.66. The normalized spacial score (nSPS) is 17.3. The molecule has 3 aromatic rings. The van der Waals surface area contributed by atoms with Crippen LogP contribution in [0, 0.1) is 5.82 Å². The minimum atomic E-state index is -4.67. The van der Waals surface area contributed by atoms with Gasteiger partial charge in [-0.25, -0.2) is 9.07 Å². The molecule has 0 bridgehead atoms. The maximum Gasteiger partial charge on any atom is 0.416 e. The van der Waals surface area contributed by atoms with Gasteiger partial charge in [-0.1, -0.05) is 0 Å². The summed E-state index contributed by atoms with van der Waals surface area (Å²) < 4.78 is 64.8. The Kier molecular flexibility index (Phi) is 6.24. The lowest BCUT2D eigenvalue weighted by Crippen LogP contribution is -2.56. The first-order valence-electron chi connectivity index (χ1n) is 11.1. The van der Waals surface area contributed by atoms with Gasteiger partial charge in [0.15, 0.2) is 0 Å². The molecule has 1 aromatic heterocycles. The van der Waals surface area contributed by atoms with Crippen molar-refractivity contribution in [1.29, 1.82) is 0 Å². The van der Waals surface area contributed by atoms with E-state index in [1.54, 1.807) is 13.2 Å². The summed E-state index contributed by atoms with van der Waals surface area (Å²) in [7, 11) is 1.58. The summed E-state index contributed by atoms with van der Waals surface area (Å²) in [5.41, 5.74) is 0.441. The number of ether oxygens (including phenoxy) is 2. The van der Waals surface area contributed by atoms with Gasteiger partial charge in [-0.05, 0) is 24.3 Å². The quantitative estimate of drug-likeness (QED) is 0.527. The van der Waals surface area contributed by atoms with Crippen molar-refractivity contribution in [2.75, 3.05) is 56.7 Å². The Morgan fingerprint density at radius 2 is 1.77 bits per heavy atom. The van der Waals surface area contributed by atoms with E-state index in [0.29, 0.717) is 23.5 Å². The van der Waals surface area contributed by atoms with E-state index in [0.717, 1.165) is 61.9 Å². The third kappa shape index (κ3) is 5.17.